The number of rotatable bonds is 4. The summed E-state index contributed by atoms with van der Waals surface area (Å²) < 4.78 is 0. The molecule has 22 heavy (non-hydrogen) atoms. The molecule has 2 saturated carbocycles. The third-order valence-electron chi connectivity index (χ3n) is 4.95. The minimum atomic E-state index is -0.443. The molecule has 1 aromatic carbocycles. The predicted octanol–water partition coefficient (Wildman–Crippen LogP) is 2.16. The van der Waals surface area contributed by atoms with Gasteiger partial charge in [0.25, 0.3) is 0 Å². The van der Waals surface area contributed by atoms with Crippen molar-refractivity contribution in [2.75, 3.05) is 0 Å². The Bertz CT molecular complexity index is 568. The van der Waals surface area contributed by atoms with Crippen molar-refractivity contribution >= 4 is 11.9 Å². The van der Waals surface area contributed by atoms with E-state index in [2.05, 4.69) is 17.6 Å². The standard InChI is InChI=1S/C17H23N3O2/c1-11-6-17(7-11)8-14(9-17)20-16(22)19-10-12-2-4-13(5-3-12)15(18)21/h2-5,11,14H,6-10H2,1H3,(H2,18,21)(H2,19,20,22). The van der Waals surface area contributed by atoms with Crippen molar-refractivity contribution in [1.29, 1.82) is 0 Å². The Kier molecular flexibility index (Phi) is 3.81. The number of hydrogen-bond donors (Lipinski definition) is 3. The quantitative estimate of drug-likeness (QED) is 0.796. The number of amides is 3. The van der Waals surface area contributed by atoms with E-state index in [1.54, 1.807) is 24.3 Å². The number of carbonyl (C=O) groups is 2. The van der Waals surface area contributed by atoms with E-state index < -0.39 is 5.91 Å². The fourth-order valence-electron chi connectivity index (χ4n) is 4.05. The number of benzene rings is 1. The van der Waals surface area contributed by atoms with E-state index in [1.165, 1.54) is 12.8 Å². The maximum Gasteiger partial charge on any atom is 0.315 e. The van der Waals surface area contributed by atoms with Crippen molar-refractivity contribution in [1.82, 2.24) is 10.6 Å². The molecule has 5 nitrogen and oxygen atoms in total. The van der Waals surface area contributed by atoms with Gasteiger partial charge in [-0.1, -0.05) is 19.1 Å². The van der Waals surface area contributed by atoms with E-state index in [9.17, 15) is 9.59 Å². The summed E-state index contributed by atoms with van der Waals surface area (Å²) in [6, 6.07) is 7.15. The Morgan fingerprint density at radius 1 is 1.18 bits per heavy atom. The van der Waals surface area contributed by atoms with E-state index in [4.69, 9.17) is 5.73 Å². The first-order valence-electron chi connectivity index (χ1n) is 7.89. The Hall–Kier alpha value is -2.04. The zero-order valence-electron chi connectivity index (χ0n) is 12.9. The van der Waals surface area contributed by atoms with Gasteiger partial charge < -0.3 is 16.4 Å². The van der Waals surface area contributed by atoms with Gasteiger partial charge >= 0.3 is 6.03 Å². The van der Waals surface area contributed by atoms with Crippen LogP contribution >= 0.6 is 0 Å². The molecule has 2 fully saturated rings. The third kappa shape index (κ3) is 3.08. The van der Waals surface area contributed by atoms with Crippen molar-refractivity contribution in [3.8, 4) is 0 Å². The summed E-state index contributed by atoms with van der Waals surface area (Å²) in [6.45, 7) is 2.74. The zero-order valence-corrected chi connectivity index (χ0v) is 12.9. The van der Waals surface area contributed by atoms with Crippen molar-refractivity contribution in [2.24, 2.45) is 17.1 Å². The molecule has 1 aromatic rings. The van der Waals surface area contributed by atoms with Gasteiger partial charge in [0.1, 0.15) is 0 Å². The average molecular weight is 301 g/mol. The molecule has 0 saturated heterocycles. The molecule has 0 aliphatic heterocycles. The van der Waals surface area contributed by atoms with Crippen LogP contribution in [0, 0.1) is 11.3 Å². The zero-order chi connectivity index (χ0) is 15.7. The van der Waals surface area contributed by atoms with Gasteiger partial charge in [-0.3, -0.25) is 4.79 Å². The second-order valence-corrected chi connectivity index (χ2v) is 7.01. The van der Waals surface area contributed by atoms with Crippen LogP contribution in [0.2, 0.25) is 0 Å². The highest BCUT2D eigenvalue weighted by Crippen LogP contribution is 2.58. The molecule has 2 aliphatic carbocycles. The number of primary amides is 1. The molecule has 0 heterocycles. The largest absolute Gasteiger partial charge is 0.366 e. The number of urea groups is 1. The lowest BCUT2D eigenvalue weighted by Crippen LogP contribution is -2.57. The van der Waals surface area contributed by atoms with Crippen LogP contribution in [-0.2, 0) is 6.54 Å². The van der Waals surface area contributed by atoms with E-state index in [-0.39, 0.29) is 6.03 Å². The molecule has 3 rings (SSSR count). The number of carbonyl (C=O) groups excluding carboxylic acids is 2. The van der Waals surface area contributed by atoms with Crippen molar-refractivity contribution in [3.63, 3.8) is 0 Å². The van der Waals surface area contributed by atoms with Crippen LogP contribution in [0.15, 0.2) is 24.3 Å². The number of hydrogen-bond acceptors (Lipinski definition) is 2. The average Bonchev–Trinajstić information content (AvgIpc) is 2.41. The van der Waals surface area contributed by atoms with Gasteiger partial charge in [-0.25, -0.2) is 4.79 Å². The van der Waals surface area contributed by atoms with Gasteiger partial charge in [-0.15, -0.1) is 0 Å². The first kappa shape index (κ1) is 14.9. The van der Waals surface area contributed by atoms with Gasteiger partial charge in [0.15, 0.2) is 0 Å². The van der Waals surface area contributed by atoms with Crippen LogP contribution < -0.4 is 16.4 Å². The molecule has 0 bridgehead atoms. The van der Waals surface area contributed by atoms with Gasteiger partial charge in [0, 0.05) is 18.2 Å². The van der Waals surface area contributed by atoms with Crippen LogP contribution in [0.1, 0.15) is 48.5 Å². The monoisotopic (exact) mass is 301 g/mol. The molecule has 4 N–H and O–H groups in total. The summed E-state index contributed by atoms with van der Waals surface area (Å²) >= 11 is 0. The SMILES string of the molecule is CC1CC2(C1)CC(NC(=O)NCc1ccc(C(N)=O)cc1)C2. The fourth-order valence-corrected chi connectivity index (χ4v) is 4.05. The normalized spacial score (nSPS) is 29.3. The lowest BCUT2D eigenvalue weighted by molar-refractivity contribution is -0.0387. The van der Waals surface area contributed by atoms with Crippen LogP contribution in [0.4, 0.5) is 4.79 Å². The summed E-state index contributed by atoms with van der Waals surface area (Å²) in [6.07, 6.45) is 4.88. The number of nitrogens with two attached hydrogens (primary N) is 1. The molecule has 0 radical (unpaired) electrons. The smallest absolute Gasteiger partial charge is 0.315 e. The maximum atomic E-state index is 11.9. The summed E-state index contributed by atoms with van der Waals surface area (Å²) in [5, 5.41) is 5.88. The highest BCUT2D eigenvalue weighted by molar-refractivity contribution is 5.92. The highest BCUT2D eigenvalue weighted by atomic mass is 16.2. The van der Waals surface area contributed by atoms with Gasteiger partial charge in [-0.05, 0) is 54.7 Å². The van der Waals surface area contributed by atoms with Crippen molar-refractivity contribution in [2.45, 2.75) is 45.2 Å². The lowest BCUT2D eigenvalue weighted by Gasteiger charge is -2.57. The minimum absolute atomic E-state index is 0.119. The molecular weight excluding hydrogens is 278 g/mol. The van der Waals surface area contributed by atoms with Crippen LogP contribution in [0.5, 0.6) is 0 Å². The van der Waals surface area contributed by atoms with E-state index in [0.29, 0.717) is 23.6 Å². The maximum absolute atomic E-state index is 11.9. The Labute approximate surface area is 130 Å². The highest BCUT2D eigenvalue weighted by Gasteiger charge is 2.51. The Balaban J connectivity index is 1.39. The topological polar surface area (TPSA) is 84.2 Å². The second kappa shape index (κ2) is 5.63. The summed E-state index contributed by atoms with van der Waals surface area (Å²) in [5.74, 6) is 0.416. The summed E-state index contributed by atoms with van der Waals surface area (Å²) in [7, 11) is 0. The molecule has 118 valence electrons. The molecular formula is C17H23N3O2. The van der Waals surface area contributed by atoms with Crippen molar-refractivity contribution in [3.05, 3.63) is 35.4 Å². The molecule has 1 spiro atoms. The van der Waals surface area contributed by atoms with E-state index in [1.807, 2.05) is 0 Å². The molecule has 0 aromatic heterocycles. The summed E-state index contributed by atoms with van der Waals surface area (Å²) in [4.78, 5) is 22.9. The van der Waals surface area contributed by atoms with Crippen LogP contribution in [0.3, 0.4) is 0 Å². The van der Waals surface area contributed by atoms with E-state index in [0.717, 1.165) is 24.3 Å². The Morgan fingerprint density at radius 2 is 1.82 bits per heavy atom. The van der Waals surface area contributed by atoms with Crippen LogP contribution in [-0.4, -0.2) is 18.0 Å². The third-order valence-corrected chi connectivity index (χ3v) is 4.95. The fraction of sp³-hybridized carbons (Fsp3) is 0.529. The minimum Gasteiger partial charge on any atom is -0.366 e. The molecule has 3 amide bonds. The number of nitrogens with one attached hydrogen (secondary N) is 2. The van der Waals surface area contributed by atoms with E-state index >= 15 is 0 Å². The lowest BCUT2D eigenvalue weighted by atomic mass is 9.50. The molecule has 0 atom stereocenters. The Morgan fingerprint density at radius 3 is 2.36 bits per heavy atom. The molecule has 5 heteroatoms. The van der Waals surface area contributed by atoms with Gasteiger partial charge in [0.05, 0.1) is 0 Å². The van der Waals surface area contributed by atoms with Gasteiger partial charge in [-0.2, -0.15) is 0 Å². The van der Waals surface area contributed by atoms with Gasteiger partial charge in [0.2, 0.25) is 5.91 Å². The predicted molar refractivity (Wildman–Crippen MR) is 84.2 cm³/mol. The first-order chi connectivity index (χ1) is 10.5. The second-order valence-electron chi connectivity index (χ2n) is 7.01. The first-order valence-corrected chi connectivity index (χ1v) is 7.89. The van der Waals surface area contributed by atoms with Crippen molar-refractivity contribution < 1.29 is 9.59 Å². The molecule has 0 unspecified atom stereocenters. The van der Waals surface area contributed by atoms with Crippen LogP contribution in [0.25, 0.3) is 0 Å². The summed E-state index contributed by atoms with van der Waals surface area (Å²) in [5.41, 5.74) is 7.15. The molecule has 2 aliphatic rings.